The summed E-state index contributed by atoms with van der Waals surface area (Å²) in [6.45, 7) is 10.6. The fourth-order valence-corrected chi connectivity index (χ4v) is 3.74. The van der Waals surface area contributed by atoms with Crippen LogP contribution in [0, 0.1) is 0 Å². The van der Waals surface area contributed by atoms with E-state index in [0.717, 1.165) is 5.56 Å². The van der Waals surface area contributed by atoms with E-state index in [1.54, 1.807) is 12.3 Å². The Labute approximate surface area is 172 Å². The molecular weight excluding hydrogens is 396 g/mol. The average Bonchev–Trinajstić information content (AvgIpc) is 2.59. The van der Waals surface area contributed by atoms with Gasteiger partial charge in [0.1, 0.15) is 18.5 Å². The largest absolute Gasteiger partial charge is 0.487 e. The third kappa shape index (κ3) is 6.02. The average molecular weight is 423 g/mol. The van der Waals surface area contributed by atoms with Gasteiger partial charge in [-0.15, -0.1) is 0 Å². The van der Waals surface area contributed by atoms with Crippen LogP contribution in [0.3, 0.4) is 0 Å². The molecule has 0 aliphatic rings. The Hall–Kier alpha value is -1.96. The molecule has 0 bridgehead atoms. The molecule has 1 N–H and O–H groups in total. The summed E-state index contributed by atoms with van der Waals surface area (Å²) >= 11 is 5.80. The van der Waals surface area contributed by atoms with E-state index in [1.165, 1.54) is 0 Å². The van der Waals surface area contributed by atoms with Gasteiger partial charge in [-0.3, -0.25) is 0 Å². The third-order valence-corrected chi connectivity index (χ3v) is 9.62. The first kappa shape index (κ1) is 22.3. The van der Waals surface area contributed by atoms with Gasteiger partial charge in [0.15, 0.2) is 8.32 Å². The Morgan fingerprint density at radius 2 is 1.93 bits per heavy atom. The first-order valence-electron chi connectivity index (χ1n) is 9.08. The van der Waals surface area contributed by atoms with Gasteiger partial charge in [-0.05, 0) is 47.4 Å². The maximum Gasteiger partial charge on any atom is 0.331 e. The molecule has 0 saturated heterocycles. The Kier molecular flexibility index (Phi) is 7.20. The number of aliphatic carboxylic acids is 1. The summed E-state index contributed by atoms with van der Waals surface area (Å²) < 4.78 is 12.0. The lowest BCUT2D eigenvalue weighted by Crippen LogP contribution is -2.46. The molecule has 1 aromatic carbocycles. The molecule has 6 nitrogen and oxygen atoms in total. The minimum atomic E-state index is -2.23. The van der Waals surface area contributed by atoms with Gasteiger partial charge in [-0.25, -0.2) is 14.8 Å². The van der Waals surface area contributed by atoms with Crippen LogP contribution in [-0.4, -0.2) is 35.5 Å². The predicted molar refractivity (Wildman–Crippen MR) is 111 cm³/mol. The Morgan fingerprint density at radius 1 is 1.25 bits per heavy atom. The number of hydrogen-bond donors (Lipinski definition) is 1. The second-order valence-electron chi connectivity index (χ2n) is 8.12. The van der Waals surface area contributed by atoms with E-state index in [9.17, 15) is 9.90 Å². The molecule has 1 unspecified atom stereocenters. The van der Waals surface area contributed by atoms with Crippen molar-refractivity contribution in [1.29, 1.82) is 0 Å². The Balaban J connectivity index is 2.16. The number of carbonyl (C=O) groups is 1. The number of aromatic nitrogens is 2. The van der Waals surface area contributed by atoms with Gasteiger partial charge in [-0.2, -0.15) is 0 Å². The highest BCUT2D eigenvalue weighted by Gasteiger charge is 2.40. The summed E-state index contributed by atoms with van der Waals surface area (Å²) in [6, 6.07) is 9.08. The number of carboxylic acids is 1. The molecule has 2 rings (SSSR count). The van der Waals surface area contributed by atoms with Crippen LogP contribution in [0.15, 0.2) is 36.5 Å². The highest BCUT2D eigenvalue weighted by atomic mass is 35.5. The van der Waals surface area contributed by atoms with Crippen molar-refractivity contribution in [3.63, 3.8) is 0 Å². The van der Waals surface area contributed by atoms with Crippen LogP contribution < -0.4 is 4.74 Å². The van der Waals surface area contributed by atoms with Crippen LogP contribution in [0.5, 0.6) is 5.75 Å². The van der Waals surface area contributed by atoms with E-state index in [-0.39, 0.29) is 23.3 Å². The van der Waals surface area contributed by atoms with E-state index >= 15 is 0 Å². The summed E-state index contributed by atoms with van der Waals surface area (Å²) in [5.41, 5.74) is 1.41. The lowest BCUT2D eigenvalue weighted by Gasteiger charge is -2.38. The summed E-state index contributed by atoms with van der Waals surface area (Å²) in [5, 5.41) is 9.79. The van der Waals surface area contributed by atoms with Crippen molar-refractivity contribution in [3.8, 4) is 5.75 Å². The molecule has 152 valence electrons. The van der Waals surface area contributed by atoms with E-state index in [0.29, 0.717) is 11.4 Å². The van der Waals surface area contributed by atoms with Crippen LogP contribution in [0.25, 0.3) is 0 Å². The van der Waals surface area contributed by atoms with Crippen LogP contribution in [-0.2, 0) is 22.2 Å². The summed E-state index contributed by atoms with van der Waals surface area (Å²) in [4.78, 5) is 19.8. The maximum atomic E-state index is 11.9. The van der Waals surface area contributed by atoms with Crippen LogP contribution in [0.1, 0.15) is 32.0 Å². The van der Waals surface area contributed by atoms with Gasteiger partial charge < -0.3 is 14.3 Å². The van der Waals surface area contributed by atoms with Crippen molar-refractivity contribution in [2.24, 2.45) is 0 Å². The van der Waals surface area contributed by atoms with Gasteiger partial charge in [-0.1, -0.05) is 39.0 Å². The summed E-state index contributed by atoms with van der Waals surface area (Å²) in [6.07, 6.45) is 0.856. The molecular formula is C20H27ClN2O4Si. The van der Waals surface area contributed by atoms with Gasteiger partial charge in [0.25, 0.3) is 0 Å². The fraction of sp³-hybridized carbons (Fsp3) is 0.450. The zero-order valence-corrected chi connectivity index (χ0v) is 18.7. The lowest BCUT2D eigenvalue weighted by atomic mass is 10.1. The highest BCUT2D eigenvalue weighted by molar-refractivity contribution is 6.74. The highest BCUT2D eigenvalue weighted by Crippen LogP contribution is 2.38. The van der Waals surface area contributed by atoms with Gasteiger partial charge in [0.2, 0.25) is 5.28 Å². The number of nitrogens with zero attached hydrogens (tertiary/aromatic N) is 2. The van der Waals surface area contributed by atoms with Crippen molar-refractivity contribution in [1.82, 2.24) is 9.97 Å². The molecule has 0 radical (unpaired) electrons. The van der Waals surface area contributed by atoms with Crippen LogP contribution in [0.4, 0.5) is 0 Å². The van der Waals surface area contributed by atoms with Gasteiger partial charge >= 0.3 is 5.97 Å². The first-order valence-corrected chi connectivity index (χ1v) is 12.4. The van der Waals surface area contributed by atoms with Crippen LogP contribution in [0.2, 0.25) is 23.4 Å². The standard InChI is InChI=1S/C20H27ClN2O4Si/c1-20(2,3)28(4,5)27-17(18(24)25)12-14-8-6-7-9-16(14)26-13-15-10-11-22-19(21)23-15/h6-11,17H,12-13H2,1-5H3,(H,24,25). The summed E-state index contributed by atoms with van der Waals surface area (Å²) in [7, 11) is -2.23. The molecule has 0 fully saturated rings. The number of ether oxygens (including phenoxy) is 1. The maximum absolute atomic E-state index is 11.9. The molecule has 0 aliphatic heterocycles. The third-order valence-electron chi connectivity index (χ3n) is 4.96. The Morgan fingerprint density at radius 3 is 2.54 bits per heavy atom. The molecule has 1 aromatic heterocycles. The van der Waals surface area contributed by atoms with Gasteiger partial charge in [0.05, 0.1) is 5.69 Å². The van der Waals surface area contributed by atoms with Crippen molar-refractivity contribution in [2.45, 2.75) is 58.0 Å². The normalized spacial score (nSPS) is 13.2. The molecule has 28 heavy (non-hydrogen) atoms. The molecule has 0 aliphatic carbocycles. The lowest BCUT2D eigenvalue weighted by molar-refractivity contribution is -0.145. The topological polar surface area (TPSA) is 81.5 Å². The number of benzene rings is 1. The number of rotatable bonds is 8. The number of halogens is 1. The molecule has 8 heteroatoms. The zero-order valence-electron chi connectivity index (χ0n) is 16.9. The first-order chi connectivity index (χ1) is 13.0. The smallest absolute Gasteiger partial charge is 0.331 e. The van der Waals surface area contributed by atoms with Crippen molar-refractivity contribution in [3.05, 3.63) is 53.1 Å². The van der Waals surface area contributed by atoms with Crippen molar-refractivity contribution >= 4 is 25.9 Å². The fourth-order valence-electron chi connectivity index (χ4n) is 2.33. The minimum Gasteiger partial charge on any atom is -0.487 e. The summed E-state index contributed by atoms with van der Waals surface area (Å²) in [5.74, 6) is -0.371. The van der Waals surface area contributed by atoms with Crippen molar-refractivity contribution in [2.75, 3.05) is 0 Å². The molecule has 1 atom stereocenters. The monoisotopic (exact) mass is 422 g/mol. The second-order valence-corrected chi connectivity index (χ2v) is 13.2. The van der Waals surface area contributed by atoms with E-state index in [1.807, 2.05) is 37.4 Å². The number of carboxylic acid groups (broad SMARTS) is 1. The molecule has 0 amide bonds. The quantitative estimate of drug-likeness (QED) is 0.489. The van der Waals surface area contributed by atoms with E-state index in [4.69, 9.17) is 20.8 Å². The SMILES string of the molecule is CC(C)(C)[Si](C)(C)OC(Cc1ccccc1OCc1ccnc(Cl)n1)C(=O)O. The minimum absolute atomic E-state index is 0.0804. The van der Waals surface area contributed by atoms with Crippen molar-refractivity contribution < 1.29 is 19.1 Å². The Bertz CT molecular complexity index is 824. The molecule has 2 aromatic rings. The number of para-hydroxylation sites is 1. The van der Waals surface area contributed by atoms with Gasteiger partial charge in [0, 0.05) is 12.6 Å². The predicted octanol–water partition coefficient (Wildman–Crippen LogP) is 4.73. The zero-order chi connectivity index (χ0) is 20.9. The molecule has 0 saturated carbocycles. The molecule has 0 spiro atoms. The number of hydrogen-bond acceptors (Lipinski definition) is 5. The van der Waals surface area contributed by atoms with Crippen LogP contribution >= 0.6 is 11.6 Å². The van der Waals surface area contributed by atoms with E-state index < -0.39 is 20.4 Å². The molecule has 1 heterocycles. The van der Waals surface area contributed by atoms with E-state index in [2.05, 4.69) is 30.7 Å². The second kappa shape index (κ2) is 9.02.